The summed E-state index contributed by atoms with van der Waals surface area (Å²) in [6, 6.07) is 8.57. The molecule has 23 heavy (non-hydrogen) atoms. The van der Waals surface area contributed by atoms with Crippen LogP contribution in [0.5, 0.6) is 0 Å². The average molecular weight is 351 g/mol. The first-order valence-electron chi connectivity index (χ1n) is 7.97. The van der Waals surface area contributed by atoms with Crippen molar-refractivity contribution in [2.45, 2.75) is 40.5 Å². The van der Waals surface area contributed by atoms with E-state index in [1.807, 2.05) is 27.7 Å². The molecule has 2 aromatic rings. The van der Waals surface area contributed by atoms with Crippen molar-refractivity contribution < 1.29 is 4.74 Å². The van der Waals surface area contributed by atoms with Crippen molar-refractivity contribution in [3.8, 4) is 0 Å². The minimum atomic E-state index is 0.728. The fourth-order valence-electron chi connectivity index (χ4n) is 2.84. The number of hydrogen-bond donors (Lipinski definition) is 0. The van der Waals surface area contributed by atoms with E-state index in [0.29, 0.717) is 0 Å². The van der Waals surface area contributed by atoms with Gasteiger partial charge in [-0.05, 0) is 73.9 Å². The van der Waals surface area contributed by atoms with Crippen molar-refractivity contribution in [2.24, 2.45) is 0 Å². The van der Waals surface area contributed by atoms with Crippen molar-refractivity contribution in [1.29, 1.82) is 0 Å². The van der Waals surface area contributed by atoms with Crippen LogP contribution in [0, 0.1) is 27.7 Å². The summed E-state index contributed by atoms with van der Waals surface area (Å²) < 4.78 is 5.80. The molecule has 124 valence electrons. The van der Waals surface area contributed by atoms with Gasteiger partial charge in [0.05, 0.1) is 13.2 Å². The van der Waals surface area contributed by atoms with Gasteiger partial charge in [0.15, 0.2) is 0 Å². The number of aryl methyl sites for hydroxylation is 4. The van der Waals surface area contributed by atoms with Crippen LogP contribution in [0.25, 0.3) is 0 Å². The molecular weight excluding hydrogens is 327 g/mol. The number of benzene rings is 2. The molecule has 0 amide bonds. The Morgan fingerprint density at radius 3 is 1.26 bits per heavy atom. The van der Waals surface area contributed by atoms with Crippen molar-refractivity contribution in [1.82, 2.24) is 0 Å². The molecule has 0 aliphatic heterocycles. The zero-order valence-corrected chi connectivity index (χ0v) is 15.8. The third-order valence-corrected chi connectivity index (χ3v) is 5.25. The lowest BCUT2D eigenvalue weighted by atomic mass is 10.0. The van der Waals surface area contributed by atoms with E-state index in [0.717, 1.165) is 58.4 Å². The van der Waals surface area contributed by atoms with Crippen LogP contribution in [-0.2, 0) is 17.6 Å². The minimum Gasteiger partial charge on any atom is -0.381 e. The van der Waals surface area contributed by atoms with E-state index in [4.69, 9.17) is 27.9 Å². The van der Waals surface area contributed by atoms with Crippen LogP contribution in [0.4, 0.5) is 0 Å². The molecule has 0 saturated heterocycles. The molecule has 0 aliphatic carbocycles. The molecule has 0 spiro atoms. The van der Waals surface area contributed by atoms with Crippen molar-refractivity contribution in [3.63, 3.8) is 0 Å². The first-order chi connectivity index (χ1) is 10.9. The van der Waals surface area contributed by atoms with Crippen molar-refractivity contribution in [2.75, 3.05) is 13.2 Å². The predicted octanol–water partition coefficient (Wildman–Crippen LogP) is 6.03. The predicted molar refractivity (Wildman–Crippen MR) is 100 cm³/mol. The lowest BCUT2D eigenvalue weighted by molar-refractivity contribution is 0.140. The van der Waals surface area contributed by atoms with E-state index in [-0.39, 0.29) is 0 Å². The molecule has 0 atom stereocenters. The Balaban J connectivity index is 1.80. The molecule has 0 heterocycles. The smallest absolute Gasteiger partial charge is 0.0506 e. The second kappa shape index (κ2) is 8.19. The maximum atomic E-state index is 6.20. The Hall–Kier alpha value is -1.02. The highest BCUT2D eigenvalue weighted by Gasteiger charge is 2.04. The topological polar surface area (TPSA) is 9.23 Å². The molecule has 1 nitrogen and oxygen atoms in total. The van der Waals surface area contributed by atoms with E-state index in [2.05, 4.69) is 24.3 Å². The maximum absolute atomic E-state index is 6.20. The van der Waals surface area contributed by atoms with Gasteiger partial charge in [-0.1, -0.05) is 47.5 Å². The summed E-state index contributed by atoms with van der Waals surface area (Å²) in [5.74, 6) is 0. The molecule has 2 aromatic carbocycles. The summed E-state index contributed by atoms with van der Waals surface area (Å²) in [4.78, 5) is 0. The standard InChI is InChI=1S/C20H24Cl2O/c1-13-9-17(10-14(2)19(13)21)5-7-23-8-6-18-11-15(3)20(22)16(4)12-18/h9-12H,5-8H2,1-4H3. The molecule has 0 aromatic heterocycles. The molecule has 0 radical (unpaired) electrons. The van der Waals surface area contributed by atoms with Crippen LogP contribution < -0.4 is 0 Å². The largest absolute Gasteiger partial charge is 0.381 e. The number of rotatable bonds is 6. The van der Waals surface area contributed by atoms with Gasteiger partial charge in [0.2, 0.25) is 0 Å². The van der Waals surface area contributed by atoms with Crippen LogP contribution in [-0.4, -0.2) is 13.2 Å². The number of halogens is 2. The van der Waals surface area contributed by atoms with Gasteiger partial charge >= 0.3 is 0 Å². The third kappa shape index (κ3) is 4.97. The van der Waals surface area contributed by atoms with Crippen molar-refractivity contribution >= 4 is 23.2 Å². The van der Waals surface area contributed by atoms with E-state index in [1.54, 1.807) is 0 Å². The molecule has 0 N–H and O–H groups in total. The van der Waals surface area contributed by atoms with E-state index >= 15 is 0 Å². The Kier molecular flexibility index (Phi) is 6.52. The highest BCUT2D eigenvalue weighted by Crippen LogP contribution is 2.23. The normalized spacial score (nSPS) is 11.0. The molecule has 0 aliphatic rings. The number of hydrogen-bond acceptors (Lipinski definition) is 1. The van der Waals surface area contributed by atoms with Gasteiger partial charge in [-0.2, -0.15) is 0 Å². The second-order valence-electron chi connectivity index (χ2n) is 6.20. The average Bonchev–Trinajstić information content (AvgIpc) is 2.49. The fourth-order valence-corrected chi connectivity index (χ4v) is 3.06. The summed E-state index contributed by atoms with van der Waals surface area (Å²) in [6.45, 7) is 9.64. The van der Waals surface area contributed by atoms with E-state index < -0.39 is 0 Å². The quantitative estimate of drug-likeness (QED) is 0.578. The Morgan fingerprint density at radius 1 is 0.652 bits per heavy atom. The minimum absolute atomic E-state index is 0.728. The number of ether oxygens (including phenoxy) is 1. The molecule has 0 bridgehead atoms. The Morgan fingerprint density at radius 2 is 0.957 bits per heavy atom. The first-order valence-corrected chi connectivity index (χ1v) is 8.73. The van der Waals surface area contributed by atoms with Gasteiger partial charge in [-0.3, -0.25) is 0 Å². The molecule has 0 saturated carbocycles. The highest BCUT2D eigenvalue weighted by atomic mass is 35.5. The maximum Gasteiger partial charge on any atom is 0.0506 e. The van der Waals surface area contributed by atoms with Crippen LogP contribution >= 0.6 is 23.2 Å². The van der Waals surface area contributed by atoms with Gasteiger partial charge in [0.25, 0.3) is 0 Å². The molecule has 0 fully saturated rings. The summed E-state index contributed by atoms with van der Waals surface area (Å²) in [5.41, 5.74) is 7.09. The third-order valence-electron chi connectivity index (χ3n) is 4.06. The van der Waals surface area contributed by atoms with E-state index in [1.165, 1.54) is 11.1 Å². The monoisotopic (exact) mass is 350 g/mol. The summed E-state index contributed by atoms with van der Waals surface area (Å²) >= 11 is 12.4. The lowest BCUT2D eigenvalue weighted by Gasteiger charge is -2.10. The summed E-state index contributed by atoms with van der Waals surface area (Å²) in [7, 11) is 0. The second-order valence-corrected chi connectivity index (χ2v) is 6.96. The van der Waals surface area contributed by atoms with E-state index in [9.17, 15) is 0 Å². The first kappa shape index (κ1) is 18.3. The van der Waals surface area contributed by atoms with Crippen LogP contribution in [0.2, 0.25) is 10.0 Å². The Bertz CT molecular complexity index is 587. The Labute approximate surface area is 149 Å². The molecule has 2 rings (SSSR count). The van der Waals surface area contributed by atoms with Gasteiger partial charge in [0.1, 0.15) is 0 Å². The highest BCUT2D eigenvalue weighted by molar-refractivity contribution is 6.32. The summed E-state index contributed by atoms with van der Waals surface area (Å²) in [6.07, 6.45) is 1.83. The van der Waals surface area contributed by atoms with Crippen molar-refractivity contribution in [3.05, 3.63) is 67.7 Å². The molecule has 0 unspecified atom stereocenters. The lowest BCUT2D eigenvalue weighted by Crippen LogP contribution is -2.04. The van der Waals surface area contributed by atoms with Crippen LogP contribution in [0.3, 0.4) is 0 Å². The van der Waals surface area contributed by atoms with Gasteiger partial charge in [0, 0.05) is 10.0 Å². The SMILES string of the molecule is Cc1cc(CCOCCc2cc(C)c(Cl)c(C)c2)cc(C)c1Cl. The van der Waals surface area contributed by atoms with Gasteiger partial charge in [-0.15, -0.1) is 0 Å². The molecule has 3 heteroatoms. The zero-order valence-electron chi connectivity index (χ0n) is 14.3. The van der Waals surface area contributed by atoms with Crippen LogP contribution in [0.1, 0.15) is 33.4 Å². The fraction of sp³-hybridized carbons (Fsp3) is 0.400. The van der Waals surface area contributed by atoms with Crippen LogP contribution in [0.15, 0.2) is 24.3 Å². The van der Waals surface area contributed by atoms with Gasteiger partial charge < -0.3 is 4.74 Å². The molecular formula is C20H24Cl2O. The van der Waals surface area contributed by atoms with Gasteiger partial charge in [-0.25, -0.2) is 0 Å². The zero-order chi connectivity index (χ0) is 17.0. The summed E-state index contributed by atoms with van der Waals surface area (Å²) in [5, 5.41) is 1.73.